The van der Waals surface area contributed by atoms with E-state index in [4.69, 9.17) is 5.11 Å². The Kier molecular flexibility index (Phi) is 10.4. The summed E-state index contributed by atoms with van der Waals surface area (Å²) >= 11 is 0. The number of hydrogen-bond donors (Lipinski definition) is 1. The molecule has 0 radical (unpaired) electrons. The molecule has 0 aromatic rings. The van der Waals surface area contributed by atoms with E-state index in [1.54, 1.807) is 13.0 Å². The molecule has 0 aliphatic heterocycles. The smallest absolute Gasteiger partial charge is 0.331 e. The summed E-state index contributed by atoms with van der Waals surface area (Å²) in [6.45, 7) is 3.88. The van der Waals surface area contributed by atoms with Crippen LogP contribution in [-0.2, 0) is 4.79 Å². The lowest BCUT2D eigenvalue weighted by atomic mass is 9.90. The molecule has 1 aliphatic rings. The van der Waals surface area contributed by atoms with E-state index in [9.17, 15) is 4.79 Å². The van der Waals surface area contributed by atoms with Gasteiger partial charge in [0.2, 0.25) is 0 Å². The van der Waals surface area contributed by atoms with Gasteiger partial charge in [0.25, 0.3) is 0 Å². The van der Waals surface area contributed by atoms with Gasteiger partial charge in [-0.15, -0.1) is 0 Å². The van der Waals surface area contributed by atoms with Gasteiger partial charge in [0, 0.05) is 5.57 Å². The van der Waals surface area contributed by atoms with E-state index >= 15 is 0 Å². The van der Waals surface area contributed by atoms with Gasteiger partial charge in [0.05, 0.1) is 0 Å². The molecule has 1 rings (SSSR count). The third-order valence-corrected chi connectivity index (χ3v) is 4.91. The summed E-state index contributed by atoms with van der Waals surface area (Å²) in [5.74, 6) is 0.732. The van der Waals surface area contributed by atoms with Crippen LogP contribution in [0.3, 0.4) is 0 Å². The van der Waals surface area contributed by atoms with Crippen LogP contribution in [0.1, 0.15) is 78.1 Å². The van der Waals surface area contributed by atoms with Gasteiger partial charge in [0.1, 0.15) is 0 Å². The first kappa shape index (κ1) is 19.7. The van der Waals surface area contributed by atoms with Crippen molar-refractivity contribution in [2.24, 2.45) is 11.8 Å². The summed E-state index contributed by atoms with van der Waals surface area (Å²) in [6, 6.07) is 0. The predicted octanol–water partition coefficient (Wildman–Crippen LogP) is 6.30. The zero-order valence-corrected chi connectivity index (χ0v) is 15.0. The zero-order chi connectivity index (χ0) is 16.9. The highest BCUT2D eigenvalue weighted by atomic mass is 16.4. The molecule has 0 saturated heterocycles. The molecular weight excluding hydrogens is 284 g/mol. The molecule has 0 spiro atoms. The van der Waals surface area contributed by atoms with E-state index in [2.05, 4.69) is 19.1 Å². The van der Waals surface area contributed by atoms with Gasteiger partial charge in [-0.2, -0.15) is 0 Å². The van der Waals surface area contributed by atoms with Crippen LogP contribution in [0.15, 0.2) is 36.0 Å². The predicted molar refractivity (Wildman–Crippen MR) is 98.5 cm³/mol. The third kappa shape index (κ3) is 8.78. The standard InChI is InChI=1S/C21H34O2/c1-3-4-5-6-7-10-14-19-16-12-17-20(19)15-11-8-9-13-18(2)21(22)23/h8-9,11,13,15,19-20H,3-7,10,12,14,16-17H2,1-2H3,(H,22,23)/t19-,20-/m0/s1. The molecule has 0 bridgehead atoms. The Labute approximate surface area is 142 Å². The molecule has 1 saturated carbocycles. The topological polar surface area (TPSA) is 37.3 Å². The molecule has 1 fully saturated rings. The van der Waals surface area contributed by atoms with Crippen LogP contribution in [0.4, 0.5) is 0 Å². The Bertz CT molecular complexity index is 418. The van der Waals surface area contributed by atoms with Crippen molar-refractivity contribution in [3.8, 4) is 0 Å². The highest BCUT2D eigenvalue weighted by molar-refractivity contribution is 5.86. The van der Waals surface area contributed by atoms with Crippen LogP contribution in [-0.4, -0.2) is 11.1 Å². The van der Waals surface area contributed by atoms with Crippen LogP contribution >= 0.6 is 0 Å². The van der Waals surface area contributed by atoms with E-state index in [0.29, 0.717) is 5.57 Å². The summed E-state index contributed by atoms with van der Waals surface area (Å²) < 4.78 is 0. The maximum atomic E-state index is 10.7. The van der Waals surface area contributed by atoms with Crippen LogP contribution < -0.4 is 0 Å². The molecule has 1 N–H and O–H groups in total. The van der Waals surface area contributed by atoms with Crippen molar-refractivity contribution in [2.45, 2.75) is 78.1 Å². The SMILES string of the molecule is CCCCCCCC[C@H]1CCC[C@@H]1C=CC=CC=C(C)C(=O)O. The number of allylic oxidation sites excluding steroid dienone is 5. The first-order chi connectivity index (χ1) is 11.1. The molecule has 1 aliphatic carbocycles. The molecular formula is C21H34O2. The van der Waals surface area contributed by atoms with Crippen molar-refractivity contribution in [3.05, 3.63) is 36.0 Å². The van der Waals surface area contributed by atoms with Crippen molar-refractivity contribution < 1.29 is 9.90 Å². The fraction of sp³-hybridized carbons (Fsp3) is 0.667. The minimum atomic E-state index is -0.853. The number of carboxylic acid groups (broad SMARTS) is 1. The normalized spacial score (nSPS) is 22.4. The van der Waals surface area contributed by atoms with E-state index in [1.165, 1.54) is 64.2 Å². The van der Waals surface area contributed by atoms with Crippen LogP contribution in [0.5, 0.6) is 0 Å². The lowest BCUT2D eigenvalue weighted by Gasteiger charge is -2.15. The molecule has 2 heteroatoms. The van der Waals surface area contributed by atoms with Gasteiger partial charge in [-0.1, -0.05) is 82.2 Å². The number of unbranched alkanes of at least 4 members (excludes halogenated alkanes) is 5. The molecule has 0 heterocycles. The molecule has 0 aromatic heterocycles. The highest BCUT2D eigenvalue weighted by Gasteiger charge is 2.24. The molecule has 130 valence electrons. The number of rotatable bonds is 11. The van der Waals surface area contributed by atoms with Crippen molar-refractivity contribution in [3.63, 3.8) is 0 Å². The van der Waals surface area contributed by atoms with Crippen molar-refractivity contribution in [2.75, 3.05) is 0 Å². The van der Waals surface area contributed by atoms with Crippen LogP contribution in [0.25, 0.3) is 0 Å². The number of carboxylic acids is 1. The second kappa shape index (κ2) is 12.2. The summed E-state index contributed by atoms with van der Waals surface area (Å²) in [5, 5.41) is 8.78. The van der Waals surface area contributed by atoms with Crippen molar-refractivity contribution >= 4 is 5.97 Å². The maximum absolute atomic E-state index is 10.7. The van der Waals surface area contributed by atoms with E-state index in [1.807, 2.05) is 12.2 Å². The third-order valence-electron chi connectivity index (χ3n) is 4.91. The average Bonchev–Trinajstić information content (AvgIpc) is 2.97. The van der Waals surface area contributed by atoms with Gasteiger partial charge in [-0.05, 0) is 38.0 Å². The zero-order valence-electron chi connectivity index (χ0n) is 15.0. The largest absolute Gasteiger partial charge is 0.478 e. The first-order valence-corrected chi connectivity index (χ1v) is 9.40. The van der Waals surface area contributed by atoms with Gasteiger partial charge in [-0.3, -0.25) is 0 Å². The first-order valence-electron chi connectivity index (χ1n) is 9.40. The van der Waals surface area contributed by atoms with Gasteiger partial charge in [0.15, 0.2) is 0 Å². The van der Waals surface area contributed by atoms with Crippen molar-refractivity contribution in [1.82, 2.24) is 0 Å². The van der Waals surface area contributed by atoms with Gasteiger partial charge >= 0.3 is 5.97 Å². The van der Waals surface area contributed by atoms with E-state index in [0.717, 1.165) is 11.8 Å². The summed E-state index contributed by atoms with van der Waals surface area (Å²) in [6.07, 6.45) is 23.6. The molecule has 0 amide bonds. The fourth-order valence-corrected chi connectivity index (χ4v) is 3.41. The maximum Gasteiger partial charge on any atom is 0.331 e. The second-order valence-corrected chi connectivity index (χ2v) is 6.84. The fourth-order valence-electron chi connectivity index (χ4n) is 3.41. The Hall–Kier alpha value is -1.31. The summed E-state index contributed by atoms with van der Waals surface area (Å²) in [7, 11) is 0. The second-order valence-electron chi connectivity index (χ2n) is 6.84. The van der Waals surface area contributed by atoms with Crippen LogP contribution in [0, 0.1) is 11.8 Å². The molecule has 2 nitrogen and oxygen atoms in total. The molecule has 2 atom stereocenters. The lowest BCUT2D eigenvalue weighted by Crippen LogP contribution is -2.04. The minimum absolute atomic E-state index is 0.372. The Morgan fingerprint density at radius 1 is 1.04 bits per heavy atom. The summed E-state index contributed by atoms with van der Waals surface area (Å²) in [5.41, 5.74) is 0.372. The Balaban J connectivity index is 2.26. The van der Waals surface area contributed by atoms with Gasteiger partial charge < -0.3 is 5.11 Å². The quantitative estimate of drug-likeness (QED) is 0.276. The molecule has 0 unspecified atom stereocenters. The number of aliphatic carboxylic acids is 1. The highest BCUT2D eigenvalue weighted by Crippen LogP contribution is 2.36. The van der Waals surface area contributed by atoms with Gasteiger partial charge in [-0.25, -0.2) is 4.79 Å². The van der Waals surface area contributed by atoms with E-state index in [-0.39, 0.29) is 0 Å². The van der Waals surface area contributed by atoms with Crippen LogP contribution in [0.2, 0.25) is 0 Å². The molecule has 23 heavy (non-hydrogen) atoms. The Morgan fingerprint density at radius 3 is 2.52 bits per heavy atom. The monoisotopic (exact) mass is 318 g/mol. The minimum Gasteiger partial charge on any atom is -0.478 e. The lowest BCUT2D eigenvalue weighted by molar-refractivity contribution is -0.132. The molecule has 0 aromatic carbocycles. The average molecular weight is 319 g/mol. The number of carbonyl (C=O) groups is 1. The Morgan fingerprint density at radius 2 is 1.78 bits per heavy atom. The van der Waals surface area contributed by atoms with Crippen molar-refractivity contribution in [1.29, 1.82) is 0 Å². The number of hydrogen-bond acceptors (Lipinski definition) is 1. The van der Waals surface area contributed by atoms with E-state index < -0.39 is 5.97 Å². The summed E-state index contributed by atoms with van der Waals surface area (Å²) in [4.78, 5) is 10.7.